The van der Waals surface area contributed by atoms with Gasteiger partial charge in [0.2, 0.25) is 0 Å². The fourth-order valence-corrected chi connectivity index (χ4v) is 3.68. The van der Waals surface area contributed by atoms with Crippen LogP contribution < -0.4 is 20.7 Å². The van der Waals surface area contributed by atoms with Crippen LogP contribution in [0.1, 0.15) is 5.56 Å². The number of amides is 2. The number of nitrogens with one attached hydrogen (secondary N) is 4. The summed E-state index contributed by atoms with van der Waals surface area (Å²) < 4.78 is 46.9. The molecular weight excluding hydrogens is 513 g/mol. The van der Waals surface area contributed by atoms with Crippen molar-refractivity contribution < 1.29 is 22.7 Å². The number of hydrogen-bond acceptors (Lipinski definition) is 6. The van der Waals surface area contributed by atoms with Gasteiger partial charge in [-0.3, -0.25) is 5.10 Å². The zero-order chi connectivity index (χ0) is 26.7. The van der Waals surface area contributed by atoms with Crippen molar-refractivity contribution in [2.75, 3.05) is 50.2 Å². The molecule has 0 aliphatic heterocycles. The summed E-state index contributed by atoms with van der Waals surface area (Å²) in [6.07, 6.45) is -4.64. The van der Waals surface area contributed by atoms with Crippen LogP contribution in [0, 0.1) is 0 Å². The van der Waals surface area contributed by atoms with Gasteiger partial charge in [-0.2, -0.15) is 23.3 Å². The first kappa shape index (κ1) is 26.1. The molecule has 0 saturated carbocycles. The highest BCUT2D eigenvalue weighted by Gasteiger charge is 2.33. The van der Waals surface area contributed by atoms with Crippen molar-refractivity contribution in [2.45, 2.75) is 6.18 Å². The molecule has 4 rings (SSSR count). The first-order valence-corrected chi connectivity index (χ1v) is 11.4. The summed E-state index contributed by atoms with van der Waals surface area (Å²) in [6.45, 7) is 1.09. The monoisotopic (exact) mass is 536 g/mol. The van der Waals surface area contributed by atoms with E-state index in [1.165, 1.54) is 6.07 Å². The van der Waals surface area contributed by atoms with Crippen LogP contribution in [-0.4, -0.2) is 65.0 Å². The topological polar surface area (TPSA) is 112 Å². The number of ether oxygens (including phenoxy) is 1. The van der Waals surface area contributed by atoms with Gasteiger partial charge in [0.05, 0.1) is 16.3 Å². The molecule has 0 atom stereocenters. The molecule has 14 heteroatoms. The summed E-state index contributed by atoms with van der Waals surface area (Å²) in [6, 6.07) is 9.51. The molecule has 0 aliphatic rings. The molecule has 10 nitrogen and oxygen atoms in total. The van der Waals surface area contributed by atoms with Crippen molar-refractivity contribution in [3.63, 3.8) is 0 Å². The first-order valence-electron chi connectivity index (χ1n) is 11.0. The molecule has 0 aliphatic carbocycles. The number of benzene rings is 2. The van der Waals surface area contributed by atoms with E-state index in [1.54, 1.807) is 35.9 Å². The third-order valence-electron chi connectivity index (χ3n) is 5.27. The van der Waals surface area contributed by atoms with E-state index in [1.807, 2.05) is 19.0 Å². The predicted octanol–water partition coefficient (Wildman–Crippen LogP) is 5.05. The molecular formula is C23H24ClF3N8O2. The largest absolute Gasteiger partial charge is 0.463 e. The number of carbonyl (C=O) groups is 1. The molecule has 4 aromatic rings. The van der Waals surface area contributed by atoms with Gasteiger partial charge in [-0.05, 0) is 56.6 Å². The van der Waals surface area contributed by atoms with Crippen LogP contribution in [0.25, 0.3) is 16.9 Å². The summed E-state index contributed by atoms with van der Waals surface area (Å²) >= 11 is 5.63. The standard InChI is InChI=1S/C23H24ClF3N8O2/c1-28-19-18-20(33-32-19)35(22(31-18)37-11-10-34(2)3)15-7-4-13(5-8-15)29-21(36)30-14-6-9-17(24)16(12-14)23(25,26)27/h4-9,12H,10-11H2,1-3H3,(H2,28,32,33)(H2,29,30,36). The Kier molecular flexibility index (Phi) is 7.45. The molecule has 2 aromatic carbocycles. The number of hydrogen-bond donors (Lipinski definition) is 4. The Morgan fingerprint density at radius 1 is 1.14 bits per heavy atom. The lowest BCUT2D eigenvalue weighted by molar-refractivity contribution is -0.137. The number of H-pyrrole nitrogens is 1. The van der Waals surface area contributed by atoms with E-state index in [0.717, 1.165) is 12.1 Å². The normalized spacial score (nSPS) is 11.7. The van der Waals surface area contributed by atoms with Crippen molar-refractivity contribution in [2.24, 2.45) is 0 Å². The second-order valence-electron chi connectivity index (χ2n) is 8.22. The highest BCUT2D eigenvalue weighted by molar-refractivity contribution is 6.31. The minimum absolute atomic E-state index is 0.0509. The zero-order valence-electron chi connectivity index (χ0n) is 20.1. The van der Waals surface area contributed by atoms with E-state index in [9.17, 15) is 18.0 Å². The summed E-state index contributed by atoms with van der Waals surface area (Å²) in [4.78, 5) is 18.9. The minimum Gasteiger partial charge on any atom is -0.463 e. The fourth-order valence-electron chi connectivity index (χ4n) is 3.46. The predicted molar refractivity (Wildman–Crippen MR) is 136 cm³/mol. The number of imidazole rings is 1. The molecule has 37 heavy (non-hydrogen) atoms. The van der Waals surface area contributed by atoms with Crippen LogP contribution in [0.2, 0.25) is 5.02 Å². The maximum Gasteiger partial charge on any atom is 0.417 e. The second kappa shape index (κ2) is 10.6. The van der Waals surface area contributed by atoms with Crippen molar-refractivity contribution >= 4 is 46.0 Å². The van der Waals surface area contributed by atoms with Crippen LogP contribution in [0.3, 0.4) is 0 Å². The number of fused-ring (bicyclic) bond motifs is 1. The average Bonchev–Trinajstić information content (AvgIpc) is 3.38. The van der Waals surface area contributed by atoms with Gasteiger partial charge >= 0.3 is 18.2 Å². The van der Waals surface area contributed by atoms with Crippen molar-refractivity contribution in [1.29, 1.82) is 0 Å². The Morgan fingerprint density at radius 3 is 2.46 bits per heavy atom. The Labute approximate surface area is 214 Å². The van der Waals surface area contributed by atoms with E-state index in [2.05, 4.69) is 31.1 Å². The van der Waals surface area contributed by atoms with E-state index < -0.39 is 22.8 Å². The molecule has 0 unspecified atom stereocenters. The lowest BCUT2D eigenvalue weighted by Gasteiger charge is -2.13. The lowest BCUT2D eigenvalue weighted by Crippen LogP contribution is -2.20. The van der Waals surface area contributed by atoms with Gasteiger partial charge in [-0.1, -0.05) is 11.6 Å². The number of anilines is 3. The Bertz CT molecular complexity index is 1400. The average molecular weight is 537 g/mol. The maximum atomic E-state index is 13.1. The van der Waals surface area contributed by atoms with Crippen LogP contribution in [0.15, 0.2) is 42.5 Å². The molecule has 0 fully saturated rings. The van der Waals surface area contributed by atoms with Gasteiger partial charge in [0.15, 0.2) is 11.2 Å². The fraction of sp³-hybridized carbons (Fsp3) is 0.261. The van der Waals surface area contributed by atoms with Gasteiger partial charge in [-0.25, -0.2) is 9.36 Å². The molecule has 196 valence electrons. The number of urea groups is 1. The number of likely N-dealkylation sites (N-methyl/N-ethyl adjacent to an activating group) is 1. The Hall–Kier alpha value is -3.97. The van der Waals surface area contributed by atoms with E-state index in [-0.39, 0.29) is 5.69 Å². The molecule has 0 radical (unpaired) electrons. The van der Waals surface area contributed by atoms with Crippen LogP contribution in [-0.2, 0) is 6.18 Å². The van der Waals surface area contributed by atoms with Gasteiger partial charge in [0.25, 0.3) is 0 Å². The number of rotatable bonds is 8. The highest BCUT2D eigenvalue weighted by atomic mass is 35.5. The van der Waals surface area contributed by atoms with Crippen LogP contribution in [0.5, 0.6) is 6.01 Å². The smallest absolute Gasteiger partial charge is 0.417 e. The van der Waals surface area contributed by atoms with Gasteiger partial charge in [0, 0.05) is 25.0 Å². The van der Waals surface area contributed by atoms with Crippen molar-refractivity contribution in [1.82, 2.24) is 24.6 Å². The third-order valence-corrected chi connectivity index (χ3v) is 5.60. The molecule has 2 aromatic heterocycles. The Morgan fingerprint density at radius 2 is 1.81 bits per heavy atom. The molecule has 2 heterocycles. The van der Waals surface area contributed by atoms with Crippen molar-refractivity contribution in [3.05, 3.63) is 53.1 Å². The number of aromatic nitrogens is 4. The number of halogens is 4. The van der Waals surface area contributed by atoms with Crippen LogP contribution >= 0.6 is 11.6 Å². The van der Waals surface area contributed by atoms with Gasteiger partial charge < -0.3 is 25.6 Å². The summed E-state index contributed by atoms with van der Waals surface area (Å²) in [7, 11) is 5.62. The number of carbonyl (C=O) groups excluding carboxylic acids is 1. The van der Waals surface area contributed by atoms with Gasteiger partial charge in [-0.15, -0.1) is 0 Å². The lowest BCUT2D eigenvalue weighted by atomic mass is 10.2. The zero-order valence-corrected chi connectivity index (χ0v) is 20.8. The quantitative estimate of drug-likeness (QED) is 0.251. The summed E-state index contributed by atoms with van der Waals surface area (Å²) in [5, 5.41) is 14.7. The minimum atomic E-state index is -4.64. The summed E-state index contributed by atoms with van der Waals surface area (Å²) in [5.41, 5.74) is 1.15. The first-order chi connectivity index (χ1) is 17.6. The number of nitrogens with zero attached hydrogens (tertiary/aromatic N) is 4. The number of aromatic amines is 1. The molecule has 0 spiro atoms. The van der Waals surface area contributed by atoms with Gasteiger partial charge in [0.1, 0.15) is 12.4 Å². The van der Waals surface area contributed by atoms with Crippen molar-refractivity contribution in [3.8, 4) is 11.7 Å². The highest BCUT2D eigenvalue weighted by Crippen LogP contribution is 2.36. The van der Waals surface area contributed by atoms with E-state index >= 15 is 0 Å². The maximum absolute atomic E-state index is 13.1. The second-order valence-corrected chi connectivity index (χ2v) is 8.63. The molecule has 4 N–H and O–H groups in total. The molecule has 2 amide bonds. The third kappa shape index (κ3) is 5.89. The molecule has 0 saturated heterocycles. The molecule has 0 bridgehead atoms. The number of alkyl halides is 3. The summed E-state index contributed by atoms with van der Waals surface area (Å²) in [5.74, 6) is 0.636. The van der Waals surface area contributed by atoms with Crippen LogP contribution in [0.4, 0.5) is 35.2 Å². The van der Waals surface area contributed by atoms with E-state index in [4.69, 9.17) is 16.3 Å². The SMILES string of the molecule is CNc1[nH]nc2c1nc(OCCN(C)C)n2-c1ccc(NC(=O)Nc2ccc(Cl)c(C(F)(F)F)c2)cc1. The van der Waals surface area contributed by atoms with E-state index in [0.29, 0.717) is 47.5 Å². The Balaban J connectivity index is 1.52.